The second-order valence-electron chi connectivity index (χ2n) is 9.70. The molecule has 1 N–H and O–H groups in total. The molecule has 10 heteroatoms. The molecular formula is C27H28F3N5O2. The summed E-state index contributed by atoms with van der Waals surface area (Å²) in [7, 11) is 0. The van der Waals surface area contributed by atoms with Gasteiger partial charge in [0.1, 0.15) is 18.1 Å². The lowest BCUT2D eigenvalue weighted by atomic mass is 10.0. The molecule has 0 saturated heterocycles. The van der Waals surface area contributed by atoms with Crippen molar-refractivity contribution in [2.45, 2.75) is 50.9 Å². The molecule has 7 nitrogen and oxygen atoms in total. The van der Waals surface area contributed by atoms with Crippen LogP contribution in [-0.2, 0) is 16.8 Å². The van der Waals surface area contributed by atoms with Gasteiger partial charge in [-0.25, -0.2) is 9.97 Å². The first-order chi connectivity index (χ1) is 17.7. The molecular weight excluding hydrogens is 483 g/mol. The molecule has 2 aromatic carbocycles. The van der Waals surface area contributed by atoms with Gasteiger partial charge < -0.3 is 19.3 Å². The van der Waals surface area contributed by atoms with Crippen molar-refractivity contribution in [1.82, 2.24) is 14.9 Å². The summed E-state index contributed by atoms with van der Waals surface area (Å²) in [6, 6.07) is 16.2. The van der Waals surface area contributed by atoms with Gasteiger partial charge >= 0.3 is 6.18 Å². The third-order valence-electron chi connectivity index (χ3n) is 6.66. The molecule has 3 aromatic rings. The molecule has 0 radical (unpaired) electrons. The van der Waals surface area contributed by atoms with Crippen molar-refractivity contribution in [1.29, 1.82) is 5.41 Å². The van der Waals surface area contributed by atoms with E-state index in [1.54, 1.807) is 20.0 Å². The Bertz CT molecular complexity index is 1280. The van der Waals surface area contributed by atoms with Crippen LogP contribution in [0.4, 0.5) is 24.7 Å². The highest BCUT2D eigenvalue weighted by atomic mass is 19.4. The van der Waals surface area contributed by atoms with Gasteiger partial charge in [-0.05, 0) is 51.0 Å². The number of ether oxygens (including phenoxy) is 2. The first-order valence-electron chi connectivity index (χ1n) is 12.2. The lowest BCUT2D eigenvalue weighted by Gasteiger charge is -2.29. The van der Waals surface area contributed by atoms with Gasteiger partial charge in [-0.15, -0.1) is 0 Å². The number of aromatic nitrogens is 2. The molecule has 1 aliphatic heterocycles. The summed E-state index contributed by atoms with van der Waals surface area (Å²) >= 11 is 0. The van der Waals surface area contributed by atoms with E-state index in [9.17, 15) is 13.2 Å². The van der Waals surface area contributed by atoms with E-state index in [0.29, 0.717) is 11.6 Å². The summed E-state index contributed by atoms with van der Waals surface area (Å²) in [5, 5.41) is 8.06. The molecule has 1 fully saturated rings. The van der Waals surface area contributed by atoms with Crippen molar-refractivity contribution >= 4 is 17.5 Å². The summed E-state index contributed by atoms with van der Waals surface area (Å²) in [5.74, 6) is 2.44. The number of nitrogens with zero attached hydrogens (tertiary/aromatic N) is 4. The van der Waals surface area contributed by atoms with Crippen LogP contribution in [-0.4, -0.2) is 46.2 Å². The normalized spacial score (nSPS) is 15.6. The maximum absolute atomic E-state index is 13.0. The van der Waals surface area contributed by atoms with Gasteiger partial charge in [0.15, 0.2) is 18.2 Å². The van der Waals surface area contributed by atoms with Gasteiger partial charge in [-0.1, -0.05) is 30.3 Å². The summed E-state index contributed by atoms with van der Waals surface area (Å²) in [5.41, 5.74) is 1.90. The van der Waals surface area contributed by atoms with Crippen LogP contribution < -0.4 is 9.64 Å². The standard InChI is InChI=1S/C27H28F3N5O2/c1-18(2)34(17-27(28,29)30)25(31)36-15-23-32-14-20-24(33-23)35(16-26(20)12-13-26)21-10-6-7-11-22(21)37-19-8-4-3-5-9-19/h3-11,14,18,31H,12-13,15-17H2,1-2H3. The minimum atomic E-state index is -4.45. The SMILES string of the molecule is CC(C)N(CC(F)(F)F)C(=N)OCc1ncc2c(n1)N(c1ccccc1Oc1ccccc1)CC21CC1. The Morgan fingerprint density at radius 1 is 1.11 bits per heavy atom. The summed E-state index contributed by atoms with van der Waals surface area (Å²) in [6.07, 6.45) is -0.599. The molecule has 194 valence electrons. The van der Waals surface area contributed by atoms with Crippen LogP contribution in [0.5, 0.6) is 11.5 Å². The van der Waals surface area contributed by atoms with Crippen LogP contribution in [0, 0.1) is 5.41 Å². The molecule has 0 atom stereocenters. The predicted octanol–water partition coefficient (Wildman–Crippen LogP) is 6.18. The fourth-order valence-electron chi connectivity index (χ4n) is 4.58. The molecule has 2 heterocycles. The van der Waals surface area contributed by atoms with Crippen molar-refractivity contribution in [3.63, 3.8) is 0 Å². The Hall–Kier alpha value is -3.82. The molecule has 1 spiro atoms. The average molecular weight is 512 g/mol. The maximum atomic E-state index is 13.0. The van der Waals surface area contributed by atoms with E-state index in [1.807, 2.05) is 54.6 Å². The summed E-state index contributed by atoms with van der Waals surface area (Å²) in [4.78, 5) is 12.1. The number of anilines is 2. The second-order valence-corrected chi connectivity index (χ2v) is 9.70. The minimum Gasteiger partial charge on any atom is -0.457 e. The van der Waals surface area contributed by atoms with Gasteiger partial charge in [0.2, 0.25) is 0 Å². The molecule has 5 rings (SSSR count). The number of rotatable bonds is 7. The van der Waals surface area contributed by atoms with Gasteiger partial charge in [0.25, 0.3) is 6.02 Å². The number of hydrogen-bond acceptors (Lipinski definition) is 6. The highest BCUT2D eigenvalue weighted by Gasteiger charge is 2.53. The highest BCUT2D eigenvalue weighted by Crippen LogP contribution is 2.58. The van der Waals surface area contributed by atoms with Crippen LogP contribution in [0.25, 0.3) is 0 Å². The Morgan fingerprint density at radius 3 is 2.49 bits per heavy atom. The Morgan fingerprint density at radius 2 is 1.81 bits per heavy atom. The van der Waals surface area contributed by atoms with E-state index >= 15 is 0 Å². The van der Waals surface area contributed by atoms with Crippen LogP contribution in [0.2, 0.25) is 0 Å². The number of amidine groups is 1. The van der Waals surface area contributed by atoms with E-state index in [2.05, 4.69) is 9.88 Å². The highest BCUT2D eigenvalue weighted by molar-refractivity contribution is 5.75. The van der Waals surface area contributed by atoms with Gasteiger partial charge in [-0.2, -0.15) is 13.2 Å². The maximum Gasteiger partial charge on any atom is 0.406 e. The molecule has 0 bridgehead atoms. The van der Waals surface area contributed by atoms with Gasteiger partial charge in [0.05, 0.1) is 5.69 Å². The number of hydrogen-bond donors (Lipinski definition) is 1. The average Bonchev–Trinajstić information content (AvgIpc) is 3.58. The molecule has 1 saturated carbocycles. The lowest BCUT2D eigenvalue weighted by Crippen LogP contribution is -2.43. The van der Waals surface area contributed by atoms with E-state index in [4.69, 9.17) is 19.9 Å². The zero-order valence-corrected chi connectivity index (χ0v) is 20.6. The zero-order chi connectivity index (χ0) is 26.2. The number of halogens is 3. The molecule has 1 aromatic heterocycles. The van der Waals surface area contributed by atoms with Crippen molar-refractivity contribution < 1.29 is 22.6 Å². The topological polar surface area (TPSA) is 74.6 Å². The second kappa shape index (κ2) is 9.57. The molecule has 0 amide bonds. The van der Waals surface area contributed by atoms with Crippen LogP contribution in [0.1, 0.15) is 38.1 Å². The molecule has 0 unspecified atom stereocenters. The molecule has 37 heavy (non-hydrogen) atoms. The van der Waals surface area contributed by atoms with E-state index in [-0.39, 0.29) is 12.0 Å². The Balaban J connectivity index is 1.39. The molecule has 2 aliphatic rings. The van der Waals surface area contributed by atoms with Crippen LogP contribution in [0.3, 0.4) is 0 Å². The number of nitrogens with one attached hydrogen (secondary N) is 1. The van der Waals surface area contributed by atoms with Gasteiger partial charge in [0, 0.05) is 29.8 Å². The Labute approximate surface area is 213 Å². The molecule has 1 aliphatic carbocycles. The quantitative estimate of drug-likeness (QED) is 0.302. The van der Waals surface area contributed by atoms with Crippen LogP contribution >= 0.6 is 0 Å². The fraction of sp³-hybridized carbons (Fsp3) is 0.370. The van der Waals surface area contributed by atoms with E-state index < -0.39 is 24.8 Å². The summed E-state index contributed by atoms with van der Waals surface area (Å²) < 4.78 is 50.5. The lowest BCUT2D eigenvalue weighted by molar-refractivity contribution is -0.142. The largest absolute Gasteiger partial charge is 0.457 e. The zero-order valence-electron chi connectivity index (χ0n) is 20.6. The monoisotopic (exact) mass is 511 g/mol. The number of para-hydroxylation sites is 3. The predicted molar refractivity (Wildman–Crippen MR) is 133 cm³/mol. The first kappa shape index (κ1) is 24.9. The third kappa shape index (κ3) is 5.33. The van der Waals surface area contributed by atoms with Crippen LogP contribution in [0.15, 0.2) is 60.8 Å². The van der Waals surface area contributed by atoms with Crippen molar-refractivity contribution in [2.75, 3.05) is 18.0 Å². The van der Waals surface area contributed by atoms with E-state index in [1.165, 1.54) is 0 Å². The van der Waals surface area contributed by atoms with Gasteiger partial charge in [-0.3, -0.25) is 5.41 Å². The third-order valence-corrected chi connectivity index (χ3v) is 6.66. The number of alkyl halides is 3. The van der Waals surface area contributed by atoms with E-state index in [0.717, 1.165) is 47.1 Å². The Kier molecular flexibility index (Phi) is 6.43. The van der Waals surface area contributed by atoms with Crippen molar-refractivity contribution in [3.05, 3.63) is 72.2 Å². The minimum absolute atomic E-state index is 0.0115. The first-order valence-corrected chi connectivity index (χ1v) is 12.2. The smallest absolute Gasteiger partial charge is 0.406 e. The van der Waals surface area contributed by atoms with Crippen molar-refractivity contribution in [2.24, 2.45) is 0 Å². The van der Waals surface area contributed by atoms with Crippen molar-refractivity contribution in [3.8, 4) is 11.5 Å². The summed E-state index contributed by atoms with van der Waals surface area (Å²) in [6.45, 7) is 2.42. The fourth-order valence-corrected chi connectivity index (χ4v) is 4.58. The number of benzene rings is 2. The number of fused-ring (bicyclic) bond motifs is 2.